The normalized spacial score (nSPS) is 26.5. The van der Waals surface area contributed by atoms with Gasteiger partial charge in [0.15, 0.2) is 11.6 Å². The molecule has 0 amide bonds. The monoisotopic (exact) mass is 529 g/mol. The minimum atomic E-state index is -0.940. The predicted molar refractivity (Wildman–Crippen MR) is 146 cm³/mol. The lowest BCUT2D eigenvalue weighted by Gasteiger charge is -2.39. The predicted octanol–water partition coefficient (Wildman–Crippen LogP) is 4.76. The molecule has 3 aromatic carbocycles. The number of carbonyl (C=O) groups is 1. The standard InChI is InChI=1S/C32H35NO6/c1-30(2)36-19-25(37-30)27-28(39-31(3,4)38-27)26(29(34)35-5)33-32(20-13-7-6-8-14-20)23-17-11-9-15-21(23)22-16-10-12-18-24(22)32/h6-18,25-28,33H,19H2,1-5H3/t25-,26+,27-,28-/m1/s1. The average molecular weight is 530 g/mol. The molecule has 6 rings (SSSR count). The van der Waals surface area contributed by atoms with E-state index in [-0.39, 0.29) is 0 Å². The second kappa shape index (κ2) is 9.54. The summed E-state index contributed by atoms with van der Waals surface area (Å²) in [5.41, 5.74) is 4.50. The zero-order valence-corrected chi connectivity index (χ0v) is 23.0. The van der Waals surface area contributed by atoms with Crippen LogP contribution < -0.4 is 5.32 Å². The summed E-state index contributed by atoms with van der Waals surface area (Å²) in [6.07, 6.45) is -1.70. The van der Waals surface area contributed by atoms with Crippen molar-refractivity contribution in [2.24, 2.45) is 0 Å². The van der Waals surface area contributed by atoms with E-state index in [0.717, 1.165) is 27.8 Å². The number of nitrogens with one attached hydrogen (secondary N) is 1. The number of esters is 1. The number of fused-ring (bicyclic) bond motifs is 3. The molecule has 0 bridgehead atoms. The third-order valence-corrected chi connectivity index (χ3v) is 7.88. The Morgan fingerprint density at radius 1 is 0.821 bits per heavy atom. The maximum atomic E-state index is 13.7. The minimum absolute atomic E-state index is 0.330. The van der Waals surface area contributed by atoms with Crippen LogP contribution in [0.1, 0.15) is 44.4 Å². The van der Waals surface area contributed by atoms with Gasteiger partial charge in [0.05, 0.1) is 19.3 Å². The lowest BCUT2D eigenvalue weighted by molar-refractivity contribution is -0.175. The first kappa shape index (κ1) is 26.2. The molecule has 1 N–H and O–H groups in total. The van der Waals surface area contributed by atoms with Gasteiger partial charge in [0, 0.05) is 0 Å². The van der Waals surface area contributed by atoms with Crippen LogP contribution in [-0.2, 0) is 34.0 Å². The van der Waals surface area contributed by atoms with Crippen LogP contribution >= 0.6 is 0 Å². The molecule has 204 valence electrons. The Morgan fingerprint density at radius 2 is 1.41 bits per heavy atom. The largest absolute Gasteiger partial charge is 0.468 e. The molecule has 0 saturated carbocycles. The summed E-state index contributed by atoms with van der Waals surface area (Å²) in [5.74, 6) is -2.14. The zero-order valence-electron chi connectivity index (χ0n) is 23.0. The van der Waals surface area contributed by atoms with E-state index in [9.17, 15) is 4.79 Å². The highest BCUT2D eigenvalue weighted by molar-refractivity contribution is 5.84. The minimum Gasteiger partial charge on any atom is -0.468 e. The number of benzene rings is 3. The second-order valence-electron chi connectivity index (χ2n) is 11.3. The Morgan fingerprint density at radius 3 is 1.97 bits per heavy atom. The zero-order chi connectivity index (χ0) is 27.4. The number of ether oxygens (including phenoxy) is 5. The van der Waals surface area contributed by atoms with Crippen LogP contribution in [0.3, 0.4) is 0 Å². The van der Waals surface area contributed by atoms with Gasteiger partial charge >= 0.3 is 5.97 Å². The number of rotatable bonds is 6. The van der Waals surface area contributed by atoms with Crippen molar-refractivity contribution in [3.05, 3.63) is 95.6 Å². The van der Waals surface area contributed by atoms with E-state index in [1.54, 1.807) is 0 Å². The first-order valence-corrected chi connectivity index (χ1v) is 13.4. The van der Waals surface area contributed by atoms with E-state index < -0.39 is 47.4 Å². The molecule has 4 atom stereocenters. The Bertz CT molecular complexity index is 1320. The van der Waals surface area contributed by atoms with Crippen molar-refractivity contribution in [2.45, 2.75) is 69.2 Å². The van der Waals surface area contributed by atoms with E-state index >= 15 is 0 Å². The fourth-order valence-electron chi connectivity index (χ4n) is 6.35. The van der Waals surface area contributed by atoms with Crippen molar-refractivity contribution in [3.63, 3.8) is 0 Å². The van der Waals surface area contributed by atoms with Crippen LogP contribution in [-0.4, -0.2) is 55.6 Å². The molecule has 0 spiro atoms. The molecule has 7 nitrogen and oxygen atoms in total. The van der Waals surface area contributed by atoms with Crippen molar-refractivity contribution in [3.8, 4) is 11.1 Å². The van der Waals surface area contributed by atoms with Gasteiger partial charge in [-0.1, -0.05) is 78.9 Å². The molecular weight excluding hydrogens is 494 g/mol. The van der Waals surface area contributed by atoms with Crippen LogP contribution in [0.5, 0.6) is 0 Å². The van der Waals surface area contributed by atoms with Crippen LogP contribution in [0.2, 0.25) is 0 Å². The van der Waals surface area contributed by atoms with Gasteiger partial charge in [0.25, 0.3) is 0 Å². The Hall–Kier alpha value is -3.07. The summed E-state index contributed by atoms with van der Waals surface area (Å²) in [4.78, 5) is 13.7. The summed E-state index contributed by atoms with van der Waals surface area (Å²) in [5, 5.41) is 3.79. The van der Waals surface area contributed by atoms with Gasteiger partial charge in [-0.15, -0.1) is 0 Å². The number of hydrogen-bond donors (Lipinski definition) is 1. The fraction of sp³-hybridized carbons (Fsp3) is 0.406. The molecule has 2 aliphatic heterocycles. The van der Waals surface area contributed by atoms with Crippen molar-refractivity contribution in [1.82, 2.24) is 5.32 Å². The van der Waals surface area contributed by atoms with E-state index in [0.29, 0.717) is 6.61 Å². The highest BCUT2D eigenvalue weighted by Crippen LogP contribution is 2.51. The number of hydrogen-bond acceptors (Lipinski definition) is 7. The molecule has 0 unspecified atom stereocenters. The lowest BCUT2D eigenvalue weighted by Crippen LogP contribution is -2.60. The summed E-state index contributed by atoms with van der Waals surface area (Å²) >= 11 is 0. The van der Waals surface area contributed by atoms with Gasteiger partial charge in [-0.05, 0) is 55.5 Å². The van der Waals surface area contributed by atoms with Crippen molar-refractivity contribution < 1.29 is 28.5 Å². The Labute approximate surface area is 229 Å². The molecule has 39 heavy (non-hydrogen) atoms. The molecule has 0 radical (unpaired) electrons. The third kappa shape index (κ3) is 4.39. The quantitative estimate of drug-likeness (QED) is 0.462. The van der Waals surface area contributed by atoms with Crippen LogP contribution in [0.25, 0.3) is 11.1 Å². The van der Waals surface area contributed by atoms with Crippen LogP contribution in [0.4, 0.5) is 0 Å². The molecule has 7 heteroatoms. The van der Waals surface area contributed by atoms with Gasteiger partial charge in [-0.2, -0.15) is 0 Å². The summed E-state index contributed by atoms with van der Waals surface area (Å²) in [6.45, 7) is 7.77. The molecular formula is C32H35NO6. The summed E-state index contributed by atoms with van der Waals surface area (Å²) < 4.78 is 30.3. The fourth-order valence-corrected chi connectivity index (χ4v) is 6.35. The molecule has 3 aliphatic rings. The molecule has 2 heterocycles. The Balaban J connectivity index is 1.51. The van der Waals surface area contributed by atoms with Crippen molar-refractivity contribution in [2.75, 3.05) is 13.7 Å². The first-order chi connectivity index (χ1) is 18.7. The first-order valence-electron chi connectivity index (χ1n) is 13.4. The maximum Gasteiger partial charge on any atom is 0.325 e. The summed E-state index contributed by atoms with van der Waals surface area (Å²) in [7, 11) is 1.40. The molecule has 2 fully saturated rings. The topological polar surface area (TPSA) is 75.3 Å². The molecule has 2 saturated heterocycles. The maximum absolute atomic E-state index is 13.7. The number of carbonyl (C=O) groups excluding carboxylic acids is 1. The van der Waals surface area contributed by atoms with Gasteiger partial charge < -0.3 is 23.7 Å². The SMILES string of the molecule is COC(=O)[C@@H](NC1(c2ccccc2)c2ccccc2-c2ccccc21)[C@H]1OC(C)(C)O[C@@H]1[C@H]1COC(C)(C)O1. The lowest BCUT2D eigenvalue weighted by atomic mass is 9.79. The summed E-state index contributed by atoms with van der Waals surface area (Å²) in [6, 6.07) is 25.9. The average Bonchev–Trinajstić information content (AvgIpc) is 3.56. The van der Waals surface area contributed by atoms with Crippen LogP contribution in [0, 0.1) is 0 Å². The van der Waals surface area contributed by atoms with Gasteiger partial charge in [0.1, 0.15) is 24.4 Å². The third-order valence-electron chi connectivity index (χ3n) is 7.88. The van der Waals surface area contributed by atoms with Crippen molar-refractivity contribution >= 4 is 5.97 Å². The molecule has 0 aromatic heterocycles. The molecule has 3 aromatic rings. The van der Waals surface area contributed by atoms with E-state index in [2.05, 4.69) is 41.7 Å². The van der Waals surface area contributed by atoms with Crippen molar-refractivity contribution in [1.29, 1.82) is 0 Å². The van der Waals surface area contributed by atoms with E-state index in [1.807, 2.05) is 70.2 Å². The van der Waals surface area contributed by atoms with E-state index in [4.69, 9.17) is 23.7 Å². The van der Waals surface area contributed by atoms with Gasteiger partial charge in [0.2, 0.25) is 0 Å². The molecule has 1 aliphatic carbocycles. The smallest absolute Gasteiger partial charge is 0.325 e. The second-order valence-corrected chi connectivity index (χ2v) is 11.3. The highest BCUT2D eigenvalue weighted by Gasteiger charge is 2.56. The van der Waals surface area contributed by atoms with E-state index in [1.165, 1.54) is 7.11 Å². The van der Waals surface area contributed by atoms with Crippen LogP contribution in [0.15, 0.2) is 78.9 Å². The van der Waals surface area contributed by atoms with Gasteiger partial charge in [-0.3, -0.25) is 10.1 Å². The Kier molecular flexibility index (Phi) is 6.40. The highest BCUT2D eigenvalue weighted by atomic mass is 16.8. The number of methoxy groups -OCH3 is 1. The van der Waals surface area contributed by atoms with Gasteiger partial charge in [-0.25, -0.2) is 0 Å².